The smallest absolute Gasteiger partial charge is 0.408 e. The first-order valence-corrected chi connectivity index (χ1v) is 23.1. The molecule has 1 heterocycles. The first-order valence-electron chi connectivity index (χ1n) is 19.7. The lowest BCUT2D eigenvalue weighted by molar-refractivity contribution is -0.142. The second-order valence-corrected chi connectivity index (χ2v) is 22.5. The second-order valence-electron chi connectivity index (χ2n) is 16.4. The van der Waals surface area contributed by atoms with Gasteiger partial charge in [0.05, 0.1) is 18.6 Å². The zero-order valence-corrected chi connectivity index (χ0v) is 37.1. The molecule has 1 unspecified atom stereocenters. The number of nitrogens with one attached hydrogen (secondary N) is 1. The van der Waals surface area contributed by atoms with Crippen LogP contribution >= 0.6 is 0 Å². The van der Waals surface area contributed by atoms with Crippen molar-refractivity contribution >= 4 is 40.8 Å². The van der Waals surface area contributed by atoms with E-state index in [1.54, 1.807) is 57.2 Å². The van der Waals surface area contributed by atoms with Crippen LogP contribution in [0, 0.1) is 6.92 Å². The highest BCUT2D eigenvalue weighted by Crippen LogP contribution is 2.37. The molecule has 1 aliphatic heterocycles. The predicted molar refractivity (Wildman–Crippen MR) is 231 cm³/mol. The molecule has 1 aliphatic rings. The number of rotatable bonds is 16. The molecular formula is C46H56N2O9SSi. The molecule has 5 rings (SSSR count). The van der Waals surface area contributed by atoms with Crippen LogP contribution in [0.4, 0.5) is 4.79 Å². The zero-order chi connectivity index (χ0) is 42.8. The molecule has 4 aromatic rings. The Morgan fingerprint density at radius 2 is 1.47 bits per heavy atom. The fourth-order valence-corrected chi connectivity index (χ4v) is 13.0. The number of carbonyl (C=O) groups is 2. The molecule has 59 heavy (non-hydrogen) atoms. The molecule has 0 saturated carbocycles. The van der Waals surface area contributed by atoms with Gasteiger partial charge in [-0.25, -0.2) is 18.0 Å². The van der Waals surface area contributed by atoms with Crippen molar-refractivity contribution in [1.82, 2.24) is 9.62 Å². The molecule has 0 radical (unpaired) electrons. The van der Waals surface area contributed by atoms with Gasteiger partial charge in [0.15, 0.2) is 17.5 Å². The van der Waals surface area contributed by atoms with Crippen LogP contribution in [0.5, 0.6) is 11.5 Å². The van der Waals surface area contributed by atoms with Crippen LogP contribution in [0.2, 0.25) is 5.04 Å². The number of hydrogen-bond donors (Lipinski definition) is 1. The number of amides is 1. The number of benzene rings is 4. The van der Waals surface area contributed by atoms with Crippen molar-refractivity contribution in [2.24, 2.45) is 0 Å². The summed E-state index contributed by atoms with van der Waals surface area (Å²) in [4.78, 5) is 26.9. The summed E-state index contributed by atoms with van der Waals surface area (Å²) in [5.41, 5.74) is 3.44. The molecule has 1 amide bonds. The van der Waals surface area contributed by atoms with Gasteiger partial charge >= 0.3 is 12.1 Å². The second kappa shape index (κ2) is 19.2. The van der Waals surface area contributed by atoms with Crippen molar-refractivity contribution in [3.63, 3.8) is 0 Å². The Morgan fingerprint density at radius 3 is 2.05 bits per heavy atom. The standard InChI is InChI=1S/C46H56N2O9SSi/c1-34-24-27-36(28-25-34)58(51,52)48(32-35-26-29-40-41(31-35)55-33-54-40)39(42(43(49)53-8)47-44(50)57-45(2,3)4)23-17-9-10-18-30-56-59(46(5,6)7,37-19-13-11-14-20-37)38-21-15-12-16-22-38/h11-17,19-22,24-29,31,42H,9-10,18,30,32-33H2,1-8H3,(H,47,50). The van der Waals surface area contributed by atoms with Gasteiger partial charge in [0.25, 0.3) is 18.3 Å². The highest BCUT2D eigenvalue weighted by atomic mass is 32.2. The van der Waals surface area contributed by atoms with E-state index < -0.39 is 42.0 Å². The largest absolute Gasteiger partial charge is 0.467 e. The van der Waals surface area contributed by atoms with Gasteiger partial charge in [-0.05, 0) is 98.3 Å². The predicted octanol–water partition coefficient (Wildman–Crippen LogP) is 7.77. The van der Waals surface area contributed by atoms with Crippen molar-refractivity contribution < 1.29 is 41.4 Å². The van der Waals surface area contributed by atoms with Gasteiger partial charge in [-0.3, -0.25) is 4.31 Å². The van der Waals surface area contributed by atoms with Crippen molar-refractivity contribution in [1.29, 1.82) is 0 Å². The van der Waals surface area contributed by atoms with E-state index in [0.717, 1.165) is 17.0 Å². The zero-order valence-electron chi connectivity index (χ0n) is 35.2. The maximum Gasteiger partial charge on any atom is 0.408 e. The van der Waals surface area contributed by atoms with E-state index in [2.05, 4.69) is 80.4 Å². The number of esters is 1. The lowest BCUT2D eigenvalue weighted by Crippen LogP contribution is -2.66. The van der Waals surface area contributed by atoms with Crippen LogP contribution in [-0.2, 0) is 35.3 Å². The normalized spacial score (nSPS) is 13.2. The first-order chi connectivity index (χ1) is 28.0. The van der Waals surface area contributed by atoms with Crippen molar-refractivity contribution in [2.45, 2.75) is 95.9 Å². The third-order valence-electron chi connectivity index (χ3n) is 9.74. The van der Waals surface area contributed by atoms with Crippen molar-refractivity contribution in [3.8, 4) is 11.5 Å². The minimum atomic E-state index is -4.40. The van der Waals surface area contributed by atoms with E-state index in [0.29, 0.717) is 42.9 Å². The van der Waals surface area contributed by atoms with Crippen LogP contribution in [0.15, 0.2) is 126 Å². The van der Waals surface area contributed by atoms with Gasteiger partial charge in [-0.15, -0.1) is 5.73 Å². The minimum Gasteiger partial charge on any atom is -0.467 e. The van der Waals surface area contributed by atoms with Gasteiger partial charge in [0.2, 0.25) is 6.79 Å². The molecule has 314 valence electrons. The van der Waals surface area contributed by atoms with Crippen LogP contribution in [0.3, 0.4) is 0 Å². The van der Waals surface area contributed by atoms with E-state index in [4.69, 9.17) is 23.4 Å². The van der Waals surface area contributed by atoms with Gasteiger partial charge in [-0.2, -0.15) is 0 Å². The van der Waals surface area contributed by atoms with Crippen molar-refractivity contribution in [2.75, 3.05) is 20.5 Å². The number of nitrogens with zero attached hydrogens (tertiary/aromatic N) is 1. The topological polar surface area (TPSA) is 130 Å². The summed E-state index contributed by atoms with van der Waals surface area (Å²) < 4.78 is 59.3. The van der Waals surface area contributed by atoms with E-state index >= 15 is 0 Å². The summed E-state index contributed by atoms with van der Waals surface area (Å²) in [7, 11) is -5.97. The maximum atomic E-state index is 14.7. The van der Waals surface area contributed by atoms with Crippen molar-refractivity contribution in [3.05, 3.63) is 132 Å². The Hall–Kier alpha value is -5.33. The van der Waals surface area contributed by atoms with Gasteiger partial charge in [-0.1, -0.05) is 105 Å². The van der Waals surface area contributed by atoms with Crippen LogP contribution in [0.25, 0.3) is 0 Å². The SMILES string of the molecule is COC(=O)C(NC(=O)OC(C)(C)C)C(=C=CCCCCO[Si](c1ccccc1)(c1ccccc1)C(C)(C)C)N(Cc1ccc2c(c1)OCO2)S(=O)(=O)c1ccc(C)cc1. The fraction of sp³-hybridized carbons (Fsp3) is 0.370. The highest BCUT2D eigenvalue weighted by molar-refractivity contribution is 7.89. The molecule has 1 N–H and O–H groups in total. The third kappa shape index (κ3) is 11.0. The summed E-state index contributed by atoms with van der Waals surface area (Å²) in [5, 5.41) is 4.77. The number of hydrogen-bond acceptors (Lipinski definition) is 9. The first kappa shape index (κ1) is 44.8. The number of ether oxygens (including phenoxy) is 4. The minimum absolute atomic E-state index is 0.0236. The van der Waals surface area contributed by atoms with E-state index in [-0.39, 0.29) is 29.0 Å². The number of aryl methyl sites for hydroxylation is 1. The summed E-state index contributed by atoms with van der Waals surface area (Å²) >= 11 is 0. The Balaban J connectivity index is 1.52. The molecule has 0 bridgehead atoms. The number of sulfonamides is 1. The number of methoxy groups -OCH3 is 1. The van der Waals surface area contributed by atoms with Crippen LogP contribution in [0.1, 0.15) is 71.9 Å². The van der Waals surface area contributed by atoms with Crippen LogP contribution in [-0.4, -0.2) is 65.3 Å². The van der Waals surface area contributed by atoms with Gasteiger partial charge in [0.1, 0.15) is 11.3 Å². The average Bonchev–Trinajstić information content (AvgIpc) is 3.66. The third-order valence-corrected chi connectivity index (χ3v) is 16.6. The summed E-state index contributed by atoms with van der Waals surface area (Å²) in [6, 6.07) is 30.7. The Labute approximate surface area is 350 Å². The molecule has 0 fully saturated rings. The average molecular weight is 841 g/mol. The summed E-state index contributed by atoms with van der Waals surface area (Å²) in [6.45, 7) is 13.9. The molecule has 0 aliphatic carbocycles. The van der Waals surface area contributed by atoms with E-state index in [9.17, 15) is 18.0 Å². The molecule has 4 aromatic carbocycles. The summed E-state index contributed by atoms with van der Waals surface area (Å²) in [6.07, 6.45) is 2.55. The monoisotopic (exact) mass is 840 g/mol. The highest BCUT2D eigenvalue weighted by Gasteiger charge is 2.50. The molecule has 0 spiro atoms. The van der Waals surface area contributed by atoms with Gasteiger partial charge < -0.3 is 28.7 Å². The number of alkyl carbamates (subject to hydrolysis) is 1. The Bertz CT molecular complexity index is 2190. The molecular weight excluding hydrogens is 785 g/mol. The number of unbranched alkanes of at least 4 members (excludes halogenated alkanes) is 2. The molecule has 11 nitrogen and oxygen atoms in total. The quantitative estimate of drug-likeness (QED) is 0.0521. The Morgan fingerprint density at radius 1 is 0.864 bits per heavy atom. The molecule has 13 heteroatoms. The number of carbonyl (C=O) groups excluding carboxylic acids is 2. The molecule has 1 atom stereocenters. The van der Waals surface area contributed by atoms with E-state index in [1.807, 2.05) is 19.1 Å². The fourth-order valence-electron chi connectivity index (χ4n) is 6.94. The maximum absolute atomic E-state index is 14.7. The lowest BCUT2D eigenvalue weighted by Gasteiger charge is -2.43. The lowest BCUT2D eigenvalue weighted by atomic mass is 10.1. The summed E-state index contributed by atoms with van der Waals surface area (Å²) in [5.74, 6) is 0.0588. The molecule has 0 saturated heterocycles. The Kier molecular flexibility index (Phi) is 14.5. The van der Waals surface area contributed by atoms with E-state index in [1.165, 1.54) is 22.5 Å². The number of fused-ring (bicyclic) bond motifs is 1. The molecule has 0 aromatic heterocycles. The van der Waals surface area contributed by atoms with Crippen LogP contribution < -0.4 is 25.2 Å². The van der Waals surface area contributed by atoms with Gasteiger partial charge in [0, 0.05) is 6.61 Å².